The molecule has 1 aliphatic rings. The lowest BCUT2D eigenvalue weighted by Gasteiger charge is -2.26. The van der Waals surface area contributed by atoms with Crippen molar-refractivity contribution in [1.82, 2.24) is 14.9 Å². The maximum Gasteiger partial charge on any atom is 0.126 e. The third kappa shape index (κ3) is 3.67. The highest BCUT2D eigenvalue weighted by Crippen LogP contribution is 2.21. The smallest absolute Gasteiger partial charge is 0.126 e. The molecule has 1 saturated heterocycles. The van der Waals surface area contributed by atoms with Crippen molar-refractivity contribution >= 4 is 11.8 Å². The maximum atomic E-state index is 5.35. The normalized spacial score (nSPS) is 17.1. The Labute approximate surface area is 113 Å². The van der Waals surface area contributed by atoms with Gasteiger partial charge in [-0.25, -0.2) is 9.97 Å². The first-order chi connectivity index (χ1) is 8.66. The molecule has 18 heavy (non-hydrogen) atoms. The first kappa shape index (κ1) is 13.8. The topological polar surface area (TPSA) is 38.2 Å². The van der Waals surface area contributed by atoms with Crippen LogP contribution in [0.5, 0.6) is 0 Å². The van der Waals surface area contributed by atoms with Gasteiger partial charge < -0.3 is 4.74 Å². The van der Waals surface area contributed by atoms with Gasteiger partial charge >= 0.3 is 0 Å². The van der Waals surface area contributed by atoms with Crippen LogP contribution in [-0.4, -0.2) is 53.5 Å². The SMILES string of the molecule is Cc1nc(C)c(C)c(SCCN2CCOCC2)n1. The fourth-order valence-electron chi connectivity index (χ4n) is 1.97. The molecule has 0 unspecified atom stereocenters. The minimum absolute atomic E-state index is 0.868. The van der Waals surface area contributed by atoms with E-state index in [2.05, 4.69) is 28.7 Å². The second-order valence-electron chi connectivity index (χ2n) is 4.59. The number of hydrogen-bond acceptors (Lipinski definition) is 5. The molecular formula is C13H21N3OS. The summed E-state index contributed by atoms with van der Waals surface area (Å²) < 4.78 is 5.35. The van der Waals surface area contributed by atoms with E-state index in [0.29, 0.717) is 0 Å². The molecule has 1 aromatic rings. The molecule has 4 nitrogen and oxygen atoms in total. The molecule has 0 aromatic carbocycles. The number of nitrogens with zero attached hydrogens (tertiary/aromatic N) is 3. The molecule has 0 spiro atoms. The Kier molecular flexibility index (Phi) is 4.97. The number of hydrogen-bond donors (Lipinski definition) is 0. The van der Waals surface area contributed by atoms with Crippen molar-refractivity contribution in [2.24, 2.45) is 0 Å². The lowest BCUT2D eigenvalue weighted by Crippen LogP contribution is -2.37. The Hall–Kier alpha value is -0.650. The molecule has 0 aliphatic carbocycles. The molecule has 2 rings (SSSR count). The zero-order valence-corrected chi connectivity index (χ0v) is 12.2. The largest absolute Gasteiger partial charge is 0.379 e. The van der Waals surface area contributed by atoms with Crippen molar-refractivity contribution in [3.8, 4) is 0 Å². The van der Waals surface area contributed by atoms with Gasteiger partial charge in [-0.3, -0.25) is 4.90 Å². The van der Waals surface area contributed by atoms with E-state index in [1.165, 1.54) is 5.56 Å². The van der Waals surface area contributed by atoms with Crippen molar-refractivity contribution in [2.75, 3.05) is 38.6 Å². The summed E-state index contributed by atoms with van der Waals surface area (Å²) in [5.74, 6) is 1.95. The van der Waals surface area contributed by atoms with Crippen molar-refractivity contribution in [3.63, 3.8) is 0 Å². The first-order valence-corrected chi connectivity index (χ1v) is 7.40. The van der Waals surface area contributed by atoms with Gasteiger partial charge in [0.15, 0.2) is 0 Å². The van der Waals surface area contributed by atoms with Crippen LogP contribution in [0.2, 0.25) is 0 Å². The summed E-state index contributed by atoms with van der Waals surface area (Å²) in [5.41, 5.74) is 2.31. The average molecular weight is 267 g/mol. The molecule has 5 heteroatoms. The number of thioether (sulfide) groups is 1. The molecule has 0 bridgehead atoms. The molecule has 0 amide bonds. The molecule has 0 radical (unpaired) electrons. The molecule has 100 valence electrons. The number of aromatic nitrogens is 2. The summed E-state index contributed by atoms with van der Waals surface area (Å²) in [6, 6.07) is 0. The predicted molar refractivity (Wildman–Crippen MR) is 74.2 cm³/mol. The van der Waals surface area contributed by atoms with Gasteiger partial charge in [-0.2, -0.15) is 0 Å². The van der Waals surface area contributed by atoms with Crippen LogP contribution in [0.4, 0.5) is 0 Å². The van der Waals surface area contributed by atoms with E-state index in [4.69, 9.17) is 4.74 Å². The van der Waals surface area contributed by atoms with Gasteiger partial charge in [0.2, 0.25) is 0 Å². The summed E-state index contributed by atoms with van der Waals surface area (Å²) in [4.78, 5) is 11.4. The Morgan fingerprint density at radius 1 is 1.17 bits per heavy atom. The monoisotopic (exact) mass is 267 g/mol. The van der Waals surface area contributed by atoms with Crippen LogP contribution in [0.25, 0.3) is 0 Å². The van der Waals surface area contributed by atoms with Crippen molar-refractivity contribution in [2.45, 2.75) is 25.8 Å². The molecule has 1 fully saturated rings. The van der Waals surface area contributed by atoms with Gasteiger partial charge in [-0.15, -0.1) is 11.8 Å². The quantitative estimate of drug-likeness (QED) is 0.614. The second-order valence-corrected chi connectivity index (χ2v) is 5.67. The Morgan fingerprint density at radius 3 is 2.61 bits per heavy atom. The van der Waals surface area contributed by atoms with E-state index in [1.54, 1.807) is 0 Å². The van der Waals surface area contributed by atoms with E-state index in [9.17, 15) is 0 Å². The van der Waals surface area contributed by atoms with Crippen LogP contribution in [0.1, 0.15) is 17.1 Å². The molecule has 1 aliphatic heterocycles. The molecule has 1 aromatic heterocycles. The minimum atomic E-state index is 0.868. The van der Waals surface area contributed by atoms with Gasteiger partial charge in [0.05, 0.1) is 13.2 Å². The van der Waals surface area contributed by atoms with E-state index in [0.717, 1.165) is 55.1 Å². The third-order valence-corrected chi connectivity index (χ3v) is 4.26. The summed E-state index contributed by atoms with van der Waals surface area (Å²) in [6.45, 7) is 11.1. The Morgan fingerprint density at radius 2 is 1.89 bits per heavy atom. The lowest BCUT2D eigenvalue weighted by molar-refractivity contribution is 0.0410. The maximum absolute atomic E-state index is 5.35. The minimum Gasteiger partial charge on any atom is -0.379 e. The molecular weight excluding hydrogens is 246 g/mol. The van der Waals surface area contributed by atoms with Gasteiger partial charge in [0.25, 0.3) is 0 Å². The standard InChI is InChI=1S/C13H21N3OS/c1-10-11(2)14-12(3)15-13(10)18-9-6-16-4-7-17-8-5-16/h4-9H2,1-3H3. The van der Waals surface area contributed by atoms with Gasteiger partial charge in [0.1, 0.15) is 10.9 Å². The van der Waals surface area contributed by atoms with E-state index in [1.807, 2.05) is 18.7 Å². The van der Waals surface area contributed by atoms with Crippen LogP contribution >= 0.6 is 11.8 Å². The molecule has 2 heterocycles. The van der Waals surface area contributed by atoms with Gasteiger partial charge in [-0.05, 0) is 20.8 Å². The molecule has 0 atom stereocenters. The predicted octanol–water partition coefficient (Wildman–Crippen LogP) is 1.83. The highest BCUT2D eigenvalue weighted by Gasteiger charge is 2.11. The van der Waals surface area contributed by atoms with Crippen molar-refractivity contribution in [3.05, 3.63) is 17.1 Å². The Balaban J connectivity index is 1.86. The summed E-state index contributed by atoms with van der Waals surface area (Å²) in [5, 5.41) is 1.13. The van der Waals surface area contributed by atoms with Crippen LogP contribution in [0.15, 0.2) is 5.03 Å². The summed E-state index contributed by atoms with van der Waals surface area (Å²) in [7, 11) is 0. The van der Waals surface area contributed by atoms with E-state index in [-0.39, 0.29) is 0 Å². The van der Waals surface area contributed by atoms with Gasteiger partial charge in [0, 0.05) is 36.6 Å². The highest BCUT2D eigenvalue weighted by molar-refractivity contribution is 7.99. The summed E-state index contributed by atoms with van der Waals surface area (Å²) >= 11 is 1.84. The van der Waals surface area contributed by atoms with Crippen molar-refractivity contribution < 1.29 is 4.74 Å². The number of rotatable bonds is 4. The van der Waals surface area contributed by atoms with Crippen molar-refractivity contribution in [1.29, 1.82) is 0 Å². The van der Waals surface area contributed by atoms with Crippen LogP contribution in [-0.2, 0) is 4.74 Å². The van der Waals surface area contributed by atoms with Gasteiger partial charge in [-0.1, -0.05) is 0 Å². The zero-order chi connectivity index (χ0) is 13.0. The van der Waals surface area contributed by atoms with Crippen LogP contribution in [0, 0.1) is 20.8 Å². The number of ether oxygens (including phenoxy) is 1. The fourth-order valence-corrected chi connectivity index (χ4v) is 3.08. The fraction of sp³-hybridized carbons (Fsp3) is 0.692. The Bertz CT molecular complexity index is 405. The van der Waals surface area contributed by atoms with E-state index >= 15 is 0 Å². The third-order valence-electron chi connectivity index (χ3n) is 3.21. The van der Waals surface area contributed by atoms with E-state index < -0.39 is 0 Å². The van der Waals surface area contributed by atoms with Crippen LogP contribution < -0.4 is 0 Å². The average Bonchev–Trinajstić information content (AvgIpc) is 2.36. The highest BCUT2D eigenvalue weighted by atomic mass is 32.2. The molecule has 0 saturated carbocycles. The summed E-state index contributed by atoms with van der Waals surface area (Å²) in [6.07, 6.45) is 0. The first-order valence-electron chi connectivity index (χ1n) is 6.41. The second kappa shape index (κ2) is 6.50. The number of morpholine rings is 1. The zero-order valence-electron chi connectivity index (χ0n) is 11.4. The lowest BCUT2D eigenvalue weighted by atomic mass is 10.3. The van der Waals surface area contributed by atoms with Crippen LogP contribution in [0.3, 0.4) is 0 Å². The molecule has 0 N–H and O–H groups in total. The number of aryl methyl sites for hydroxylation is 2.